The highest BCUT2D eigenvalue weighted by atomic mass is 35.5. The van der Waals surface area contributed by atoms with E-state index in [1.165, 1.54) is 5.56 Å². The second-order valence-corrected chi connectivity index (χ2v) is 9.76. The second-order valence-electron chi connectivity index (χ2n) is 9.32. The lowest BCUT2D eigenvalue weighted by molar-refractivity contribution is 0.0423. The van der Waals surface area contributed by atoms with Gasteiger partial charge in [-0.05, 0) is 42.0 Å². The molecule has 2 aliphatic rings. The molecule has 0 saturated carbocycles. The van der Waals surface area contributed by atoms with Gasteiger partial charge in [-0.15, -0.1) is 0 Å². The third-order valence-corrected chi connectivity index (χ3v) is 7.20. The Labute approximate surface area is 211 Å². The zero-order valence-electron chi connectivity index (χ0n) is 19.7. The first kappa shape index (κ1) is 23.8. The Balaban J connectivity index is 1.19. The van der Waals surface area contributed by atoms with Crippen LogP contribution in [0.5, 0.6) is 0 Å². The molecular formula is C28H31ClN4O2. The zero-order chi connectivity index (χ0) is 24.2. The van der Waals surface area contributed by atoms with Crippen LogP contribution in [0.3, 0.4) is 0 Å². The Morgan fingerprint density at radius 2 is 1.57 bits per heavy atom. The summed E-state index contributed by atoms with van der Waals surface area (Å²) in [6.45, 7) is 5.42. The number of hydrogen-bond donors (Lipinski definition) is 2. The SMILES string of the molecule is O=C(c1ccccc1Nc1ccccc1)N1C[C@@H](O)[C@H](N2CCN(Cc3ccc(Cl)cc3)CC2)C1. The lowest BCUT2D eigenvalue weighted by atomic mass is 10.1. The monoisotopic (exact) mass is 490 g/mol. The Morgan fingerprint density at radius 1 is 0.886 bits per heavy atom. The highest BCUT2D eigenvalue weighted by molar-refractivity contribution is 6.30. The van der Waals surface area contributed by atoms with Crippen LogP contribution < -0.4 is 5.32 Å². The Hall–Kier alpha value is -2.90. The maximum absolute atomic E-state index is 13.4. The molecule has 2 aliphatic heterocycles. The number of β-amino-alcohol motifs (C(OH)–C–C–N with tert-alkyl or cyclic N) is 1. The van der Waals surface area contributed by atoms with E-state index in [-0.39, 0.29) is 11.9 Å². The number of hydrogen-bond acceptors (Lipinski definition) is 5. The molecule has 2 saturated heterocycles. The third-order valence-electron chi connectivity index (χ3n) is 6.95. The number of piperazine rings is 1. The van der Waals surface area contributed by atoms with E-state index >= 15 is 0 Å². The highest BCUT2D eigenvalue weighted by Crippen LogP contribution is 2.26. The Kier molecular flexibility index (Phi) is 7.35. The first-order valence-corrected chi connectivity index (χ1v) is 12.5. The maximum atomic E-state index is 13.4. The maximum Gasteiger partial charge on any atom is 0.256 e. The van der Waals surface area contributed by atoms with E-state index in [9.17, 15) is 9.90 Å². The first-order valence-electron chi connectivity index (χ1n) is 12.2. The summed E-state index contributed by atoms with van der Waals surface area (Å²) in [5, 5.41) is 15.0. The van der Waals surface area contributed by atoms with Gasteiger partial charge < -0.3 is 15.3 Å². The molecule has 0 aromatic heterocycles. The van der Waals surface area contributed by atoms with E-state index in [0.717, 1.165) is 49.1 Å². The van der Waals surface area contributed by atoms with E-state index < -0.39 is 6.10 Å². The predicted molar refractivity (Wildman–Crippen MR) is 140 cm³/mol. The van der Waals surface area contributed by atoms with E-state index in [1.807, 2.05) is 66.7 Å². The van der Waals surface area contributed by atoms with Crippen LogP contribution in [0.1, 0.15) is 15.9 Å². The normalized spacial score (nSPS) is 21.3. The van der Waals surface area contributed by atoms with Crippen molar-refractivity contribution in [2.24, 2.45) is 0 Å². The molecule has 35 heavy (non-hydrogen) atoms. The minimum atomic E-state index is -0.545. The number of halogens is 1. The molecule has 0 aliphatic carbocycles. The van der Waals surface area contributed by atoms with Crippen LogP contribution in [0.15, 0.2) is 78.9 Å². The number of carbonyl (C=O) groups is 1. The summed E-state index contributed by atoms with van der Waals surface area (Å²) in [6.07, 6.45) is -0.545. The number of amides is 1. The molecule has 0 radical (unpaired) electrons. The van der Waals surface area contributed by atoms with E-state index in [1.54, 1.807) is 4.90 Å². The highest BCUT2D eigenvalue weighted by Gasteiger charge is 2.39. The molecule has 0 unspecified atom stereocenters. The molecule has 2 N–H and O–H groups in total. The summed E-state index contributed by atoms with van der Waals surface area (Å²) in [7, 11) is 0. The fourth-order valence-corrected chi connectivity index (χ4v) is 5.15. The lowest BCUT2D eigenvalue weighted by Crippen LogP contribution is -2.53. The van der Waals surface area contributed by atoms with Crippen LogP contribution in [-0.4, -0.2) is 77.1 Å². The molecule has 2 atom stereocenters. The van der Waals surface area contributed by atoms with Crippen molar-refractivity contribution < 1.29 is 9.90 Å². The topological polar surface area (TPSA) is 59.1 Å². The lowest BCUT2D eigenvalue weighted by Gasteiger charge is -2.38. The van der Waals surface area contributed by atoms with Crippen LogP contribution in [0.2, 0.25) is 5.02 Å². The van der Waals surface area contributed by atoms with E-state index in [4.69, 9.17) is 11.6 Å². The van der Waals surface area contributed by atoms with Gasteiger partial charge in [-0.2, -0.15) is 0 Å². The third kappa shape index (κ3) is 5.68. The molecule has 3 aromatic carbocycles. The summed E-state index contributed by atoms with van der Waals surface area (Å²) in [5.74, 6) is -0.0491. The van der Waals surface area contributed by atoms with E-state index in [2.05, 4.69) is 27.2 Å². The van der Waals surface area contributed by atoms with Crippen LogP contribution >= 0.6 is 11.6 Å². The van der Waals surface area contributed by atoms with Gasteiger partial charge in [0.1, 0.15) is 0 Å². The molecule has 3 aromatic rings. The fraction of sp³-hybridized carbons (Fsp3) is 0.321. The molecule has 2 fully saturated rings. The molecule has 7 heteroatoms. The summed E-state index contributed by atoms with van der Waals surface area (Å²) in [4.78, 5) is 20.0. The van der Waals surface area contributed by atoms with Crippen LogP contribution in [0.25, 0.3) is 0 Å². The van der Waals surface area contributed by atoms with Gasteiger partial charge >= 0.3 is 0 Å². The number of carbonyl (C=O) groups excluding carboxylic acids is 1. The number of likely N-dealkylation sites (tertiary alicyclic amines) is 1. The van der Waals surface area contributed by atoms with E-state index in [0.29, 0.717) is 18.7 Å². The largest absolute Gasteiger partial charge is 0.390 e. The van der Waals surface area contributed by atoms with Gasteiger partial charge in [0.15, 0.2) is 0 Å². The minimum absolute atomic E-state index is 0.0362. The molecule has 2 heterocycles. The molecule has 1 amide bonds. The number of aliphatic hydroxyl groups excluding tert-OH is 1. The van der Waals surface area contributed by atoms with Crippen molar-refractivity contribution in [3.05, 3.63) is 95.0 Å². The van der Waals surface area contributed by atoms with Crippen molar-refractivity contribution in [1.29, 1.82) is 0 Å². The number of nitrogens with zero attached hydrogens (tertiary/aromatic N) is 3. The van der Waals surface area contributed by atoms with Crippen molar-refractivity contribution in [1.82, 2.24) is 14.7 Å². The van der Waals surface area contributed by atoms with Crippen molar-refractivity contribution >= 4 is 28.9 Å². The number of anilines is 2. The molecule has 182 valence electrons. The Morgan fingerprint density at radius 3 is 2.31 bits per heavy atom. The van der Waals surface area contributed by atoms with Crippen LogP contribution in [-0.2, 0) is 6.54 Å². The minimum Gasteiger partial charge on any atom is -0.390 e. The van der Waals surface area contributed by atoms with Gasteiger partial charge in [0.25, 0.3) is 5.91 Å². The number of benzene rings is 3. The Bertz CT molecular complexity index is 1130. The number of nitrogens with one attached hydrogen (secondary N) is 1. The van der Waals surface area contributed by atoms with Crippen molar-refractivity contribution in [2.45, 2.75) is 18.7 Å². The standard InChI is InChI=1S/C28H31ClN4O2/c29-22-12-10-21(11-13-22)18-31-14-16-32(17-15-31)26-19-33(20-27(26)34)28(35)24-8-4-5-9-25(24)30-23-6-2-1-3-7-23/h1-13,26-27,30,34H,14-20H2/t26-,27-/m1/s1. The summed E-state index contributed by atoms with van der Waals surface area (Å²) >= 11 is 6.00. The smallest absolute Gasteiger partial charge is 0.256 e. The van der Waals surface area contributed by atoms with Gasteiger partial charge in [-0.3, -0.25) is 14.6 Å². The molecule has 0 bridgehead atoms. The average molecular weight is 491 g/mol. The van der Waals surface area contributed by atoms with Crippen molar-refractivity contribution in [2.75, 3.05) is 44.6 Å². The van der Waals surface area contributed by atoms with Gasteiger partial charge in [-0.1, -0.05) is 54.1 Å². The predicted octanol–water partition coefficient (Wildman–Crippen LogP) is 4.09. The molecular weight excluding hydrogens is 460 g/mol. The zero-order valence-corrected chi connectivity index (χ0v) is 20.4. The summed E-state index contributed by atoms with van der Waals surface area (Å²) < 4.78 is 0. The second kappa shape index (κ2) is 10.8. The fourth-order valence-electron chi connectivity index (χ4n) is 5.02. The molecule has 5 rings (SSSR count). The van der Waals surface area contributed by atoms with Crippen LogP contribution in [0.4, 0.5) is 11.4 Å². The average Bonchev–Trinajstić information content (AvgIpc) is 3.28. The summed E-state index contributed by atoms with van der Waals surface area (Å²) in [5.41, 5.74) is 3.58. The van der Waals surface area contributed by atoms with Crippen LogP contribution in [0, 0.1) is 0 Å². The van der Waals surface area contributed by atoms with Crippen molar-refractivity contribution in [3.63, 3.8) is 0 Å². The van der Waals surface area contributed by atoms with Gasteiger partial charge in [-0.25, -0.2) is 0 Å². The first-order chi connectivity index (χ1) is 17.1. The summed E-state index contributed by atoms with van der Waals surface area (Å²) in [6, 6.07) is 25.4. The van der Waals surface area contributed by atoms with Gasteiger partial charge in [0, 0.05) is 56.5 Å². The number of rotatable bonds is 6. The van der Waals surface area contributed by atoms with Crippen molar-refractivity contribution in [3.8, 4) is 0 Å². The quantitative estimate of drug-likeness (QED) is 0.545. The van der Waals surface area contributed by atoms with Gasteiger partial charge in [0.2, 0.25) is 0 Å². The molecule has 6 nitrogen and oxygen atoms in total. The number of aliphatic hydroxyl groups is 1. The number of para-hydroxylation sites is 2. The van der Waals surface area contributed by atoms with Gasteiger partial charge in [0.05, 0.1) is 23.4 Å². The molecule has 0 spiro atoms.